The standard InChI is InChI=1S/C13H18BrN3O/c1-9-6-10(14)7-16-13(9)17-12(18)8-15-11-4-2-3-5-11/h6-7,11,15H,2-5,8H2,1H3,(H,16,17,18). The summed E-state index contributed by atoms with van der Waals surface area (Å²) in [5.74, 6) is 0.608. The number of pyridine rings is 1. The SMILES string of the molecule is Cc1cc(Br)cnc1NC(=O)CNC1CCCC1. The van der Waals surface area contributed by atoms with Crippen LogP contribution in [0.25, 0.3) is 0 Å². The Balaban J connectivity index is 1.82. The fourth-order valence-corrected chi connectivity index (χ4v) is 2.66. The molecule has 1 amide bonds. The molecule has 0 spiro atoms. The van der Waals surface area contributed by atoms with Crippen LogP contribution >= 0.6 is 15.9 Å². The van der Waals surface area contributed by atoms with Gasteiger partial charge in [-0.1, -0.05) is 12.8 Å². The van der Waals surface area contributed by atoms with Gasteiger partial charge in [0.25, 0.3) is 0 Å². The van der Waals surface area contributed by atoms with E-state index in [-0.39, 0.29) is 5.91 Å². The fourth-order valence-electron chi connectivity index (χ4n) is 2.21. The van der Waals surface area contributed by atoms with Gasteiger partial charge in [0.05, 0.1) is 6.54 Å². The van der Waals surface area contributed by atoms with Crippen molar-refractivity contribution in [2.45, 2.75) is 38.6 Å². The normalized spacial score (nSPS) is 15.9. The van der Waals surface area contributed by atoms with Crippen LogP contribution in [0.15, 0.2) is 16.7 Å². The molecule has 1 aliphatic rings. The van der Waals surface area contributed by atoms with Crippen molar-refractivity contribution in [1.82, 2.24) is 10.3 Å². The molecule has 2 N–H and O–H groups in total. The van der Waals surface area contributed by atoms with Crippen LogP contribution in [0.2, 0.25) is 0 Å². The number of anilines is 1. The number of carbonyl (C=O) groups is 1. The second-order valence-electron chi connectivity index (χ2n) is 4.73. The number of aromatic nitrogens is 1. The molecule has 1 aromatic heterocycles. The molecule has 2 rings (SSSR count). The van der Waals surface area contributed by atoms with Crippen LogP contribution in [0.3, 0.4) is 0 Å². The molecule has 0 radical (unpaired) electrons. The quantitative estimate of drug-likeness (QED) is 0.898. The topological polar surface area (TPSA) is 54.0 Å². The molecule has 18 heavy (non-hydrogen) atoms. The van der Waals surface area contributed by atoms with Crippen molar-refractivity contribution in [3.05, 3.63) is 22.3 Å². The summed E-state index contributed by atoms with van der Waals surface area (Å²) in [6.07, 6.45) is 6.60. The molecule has 0 aromatic carbocycles. The first-order valence-corrected chi connectivity index (χ1v) is 7.10. The van der Waals surface area contributed by atoms with Crippen LogP contribution < -0.4 is 10.6 Å². The average Bonchev–Trinajstić information content (AvgIpc) is 2.83. The summed E-state index contributed by atoms with van der Waals surface area (Å²) >= 11 is 3.35. The molecule has 1 saturated carbocycles. The highest BCUT2D eigenvalue weighted by Crippen LogP contribution is 2.18. The van der Waals surface area contributed by atoms with Crippen LogP contribution in [0.4, 0.5) is 5.82 Å². The van der Waals surface area contributed by atoms with Crippen molar-refractivity contribution in [3.8, 4) is 0 Å². The second kappa shape index (κ2) is 6.29. The zero-order valence-corrected chi connectivity index (χ0v) is 12.1. The third kappa shape index (κ3) is 3.78. The van der Waals surface area contributed by atoms with Gasteiger partial charge in [-0.2, -0.15) is 0 Å². The third-order valence-corrected chi connectivity index (χ3v) is 3.64. The Morgan fingerprint density at radius 1 is 1.50 bits per heavy atom. The highest BCUT2D eigenvalue weighted by molar-refractivity contribution is 9.10. The van der Waals surface area contributed by atoms with Crippen molar-refractivity contribution in [3.63, 3.8) is 0 Å². The Morgan fingerprint density at radius 3 is 2.89 bits per heavy atom. The number of rotatable bonds is 4. The van der Waals surface area contributed by atoms with Gasteiger partial charge in [0.15, 0.2) is 0 Å². The first kappa shape index (κ1) is 13.5. The number of carbonyl (C=O) groups excluding carboxylic acids is 1. The second-order valence-corrected chi connectivity index (χ2v) is 5.65. The summed E-state index contributed by atoms with van der Waals surface area (Å²) in [5, 5.41) is 6.11. The van der Waals surface area contributed by atoms with E-state index in [1.54, 1.807) is 6.20 Å². The predicted octanol–water partition coefficient (Wildman–Crippen LogP) is 2.62. The van der Waals surface area contributed by atoms with Crippen LogP contribution in [-0.2, 0) is 4.79 Å². The molecule has 0 unspecified atom stereocenters. The number of aryl methyl sites for hydroxylation is 1. The Labute approximate surface area is 116 Å². The Kier molecular flexibility index (Phi) is 4.72. The van der Waals surface area contributed by atoms with E-state index in [1.165, 1.54) is 25.7 Å². The molecule has 0 saturated heterocycles. The molecule has 1 aromatic rings. The van der Waals surface area contributed by atoms with E-state index in [9.17, 15) is 4.79 Å². The Hall–Kier alpha value is -0.940. The lowest BCUT2D eigenvalue weighted by atomic mass is 10.2. The lowest BCUT2D eigenvalue weighted by Gasteiger charge is -2.12. The van der Waals surface area contributed by atoms with Crippen molar-refractivity contribution >= 4 is 27.7 Å². The first-order chi connectivity index (χ1) is 8.65. The van der Waals surface area contributed by atoms with Crippen molar-refractivity contribution in [2.75, 3.05) is 11.9 Å². The largest absolute Gasteiger partial charge is 0.309 e. The Morgan fingerprint density at radius 2 is 2.22 bits per heavy atom. The number of amides is 1. The van der Waals surface area contributed by atoms with E-state index in [0.717, 1.165) is 10.0 Å². The van der Waals surface area contributed by atoms with E-state index < -0.39 is 0 Å². The van der Waals surface area contributed by atoms with E-state index in [0.29, 0.717) is 18.4 Å². The molecular weight excluding hydrogens is 294 g/mol. The van der Waals surface area contributed by atoms with Gasteiger partial charge in [-0.05, 0) is 47.3 Å². The van der Waals surface area contributed by atoms with Crippen LogP contribution in [0.5, 0.6) is 0 Å². The minimum atomic E-state index is -0.0279. The number of nitrogens with one attached hydrogen (secondary N) is 2. The smallest absolute Gasteiger partial charge is 0.239 e. The van der Waals surface area contributed by atoms with Gasteiger partial charge in [-0.15, -0.1) is 0 Å². The van der Waals surface area contributed by atoms with Crippen molar-refractivity contribution in [2.24, 2.45) is 0 Å². The van der Waals surface area contributed by atoms with Crippen molar-refractivity contribution in [1.29, 1.82) is 0 Å². The number of hydrogen-bond acceptors (Lipinski definition) is 3. The molecule has 5 heteroatoms. The van der Waals surface area contributed by atoms with E-state index in [2.05, 4.69) is 31.5 Å². The summed E-state index contributed by atoms with van der Waals surface area (Å²) < 4.78 is 0.919. The zero-order valence-electron chi connectivity index (χ0n) is 10.5. The monoisotopic (exact) mass is 311 g/mol. The molecule has 4 nitrogen and oxygen atoms in total. The minimum Gasteiger partial charge on any atom is -0.309 e. The third-order valence-electron chi connectivity index (χ3n) is 3.21. The molecular formula is C13H18BrN3O. The van der Waals surface area contributed by atoms with Gasteiger partial charge in [-0.25, -0.2) is 4.98 Å². The summed E-state index contributed by atoms with van der Waals surface area (Å²) in [6.45, 7) is 2.29. The van der Waals surface area contributed by atoms with Gasteiger partial charge in [-0.3, -0.25) is 4.79 Å². The molecule has 1 fully saturated rings. The number of hydrogen-bond donors (Lipinski definition) is 2. The summed E-state index contributed by atoms with van der Waals surface area (Å²) in [7, 11) is 0. The minimum absolute atomic E-state index is 0.0279. The van der Waals surface area contributed by atoms with Crippen LogP contribution in [0, 0.1) is 6.92 Å². The van der Waals surface area contributed by atoms with E-state index in [4.69, 9.17) is 0 Å². The molecule has 0 atom stereocenters. The van der Waals surface area contributed by atoms with Gasteiger partial charge in [0.1, 0.15) is 5.82 Å². The first-order valence-electron chi connectivity index (χ1n) is 6.30. The lowest BCUT2D eigenvalue weighted by molar-refractivity contribution is -0.115. The number of nitrogens with zero attached hydrogens (tertiary/aromatic N) is 1. The van der Waals surface area contributed by atoms with Crippen LogP contribution in [-0.4, -0.2) is 23.5 Å². The maximum Gasteiger partial charge on any atom is 0.239 e. The van der Waals surface area contributed by atoms with Crippen molar-refractivity contribution < 1.29 is 4.79 Å². The van der Waals surface area contributed by atoms with Gasteiger partial charge >= 0.3 is 0 Å². The summed E-state index contributed by atoms with van der Waals surface area (Å²) in [5.41, 5.74) is 0.957. The number of halogens is 1. The average molecular weight is 312 g/mol. The molecule has 0 bridgehead atoms. The maximum atomic E-state index is 11.8. The van der Waals surface area contributed by atoms with Gasteiger partial charge in [0.2, 0.25) is 5.91 Å². The molecule has 1 aliphatic carbocycles. The molecule has 1 heterocycles. The van der Waals surface area contributed by atoms with Gasteiger partial charge in [0, 0.05) is 16.7 Å². The highest BCUT2D eigenvalue weighted by Gasteiger charge is 2.15. The van der Waals surface area contributed by atoms with Gasteiger partial charge < -0.3 is 10.6 Å². The highest BCUT2D eigenvalue weighted by atomic mass is 79.9. The molecule has 98 valence electrons. The molecule has 0 aliphatic heterocycles. The zero-order chi connectivity index (χ0) is 13.0. The fraction of sp³-hybridized carbons (Fsp3) is 0.538. The van der Waals surface area contributed by atoms with E-state index >= 15 is 0 Å². The summed E-state index contributed by atoms with van der Waals surface area (Å²) in [6, 6.07) is 2.45. The lowest BCUT2D eigenvalue weighted by Crippen LogP contribution is -2.34. The predicted molar refractivity (Wildman–Crippen MR) is 75.6 cm³/mol. The summed E-state index contributed by atoms with van der Waals surface area (Å²) in [4.78, 5) is 16.0. The van der Waals surface area contributed by atoms with Crippen LogP contribution in [0.1, 0.15) is 31.2 Å². The Bertz CT molecular complexity index is 430. The van der Waals surface area contributed by atoms with E-state index in [1.807, 2.05) is 13.0 Å². The maximum absolute atomic E-state index is 11.8.